The minimum atomic E-state index is -0.849. The van der Waals surface area contributed by atoms with E-state index in [4.69, 9.17) is 9.84 Å². The highest BCUT2D eigenvalue weighted by Crippen LogP contribution is 2.22. The lowest BCUT2D eigenvalue weighted by Crippen LogP contribution is -2.28. The average Bonchev–Trinajstić information content (AvgIpc) is 2.55. The van der Waals surface area contributed by atoms with E-state index in [-0.39, 0.29) is 18.4 Å². The van der Waals surface area contributed by atoms with E-state index in [0.717, 1.165) is 12.8 Å². The first-order valence-electron chi connectivity index (χ1n) is 8.16. The van der Waals surface area contributed by atoms with Crippen molar-refractivity contribution in [2.24, 2.45) is 0 Å². The van der Waals surface area contributed by atoms with E-state index in [2.05, 4.69) is 4.98 Å². The number of hydrogen-bond donors (Lipinski definition) is 1. The van der Waals surface area contributed by atoms with Gasteiger partial charge in [-0.1, -0.05) is 6.42 Å². The molecule has 2 rings (SSSR count). The largest absolute Gasteiger partial charge is 0.481 e. The number of pyridine rings is 1. The van der Waals surface area contributed by atoms with E-state index in [1.807, 2.05) is 0 Å². The molecule has 0 aliphatic heterocycles. The van der Waals surface area contributed by atoms with E-state index in [0.29, 0.717) is 24.4 Å². The number of hydrogen-bond acceptors (Lipinski definition) is 4. The number of ether oxygens (including phenoxy) is 1. The predicted octanol–water partition coefficient (Wildman–Crippen LogP) is 2.73. The van der Waals surface area contributed by atoms with Crippen molar-refractivity contribution in [2.75, 3.05) is 13.6 Å². The molecule has 1 aliphatic rings. The Kier molecular flexibility index (Phi) is 6.38. The molecule has 1 aromatic rings. The van der Waals surface area contributed by atoms with Gasteiger partial charge in [0.25, 0.3) is 5.91 Å². The van der Waals surface area contributed by atoms with Gasteiger partial charge in [0.2, 0.25) is 5.88 Å². The number of aliphatic carboxylic acids is 1. The Morgan fingerprint density at radius 2 is 2.09 bits per heavy atom. The van der Waals surface area contributed by atoms with Gasteiger partial charge in [0.05, 0.1) is 0 Å². The SMILES string of the molecule is CN(CCCC(=O)O)C(=O)c1ccnc(OC2CCCCC2)c1. The normalized spacial score (nSPS) is 15.2. The summed E-state index contributed by atoms with van der Waals surface area (Å²) >= 11 is 0. The molecule has 1 saturated carbocycles. The molecule has 126 valence electrons. The second kappa shape index (κ2) is 8.50. The van der Waals surface area contributed by atoms with Crippen molar-refractivity contribution in [1.82, 2.24) is 9.88 Å². The minimum absolute atomic E-state index is 0.0595. The zero-order valence-corrected chi connectivity index (χ0v) is 13.5. The van der Waals surface area contributed by atoms with E-state index in [1.54, 1.807) is 25.4 Å². The van der Waals surface area contributed by atoms with E-state index < -0.39 is 5.97 Å². The van der Waals surface area contributed by atoms with Gasteiger partial charge in [-0.2, -0.15) is 0 Å². The van der Waals surface area contributed by atoms with Crippen LogP contribution in [0.3, 0.4) is 0 Å². The van der Waals surface area contributed by atoms with Gasteiger partial charge in [-0.3, -0.25) is 9.59 Å². The molecule has 1 aromatic heterocycles. The van der Waals surface area contributed by atoms with Gasteiger partial charge in [0, 0.05) is 37.8 Å². The molecular weight excluding hydrogens is 296 g/mol. The zero-order chi connectivity index (χ0) is 16.7. The molecular formula is C17H24N2O4. The van der Waals surface area contributed by atoms with E-state index in [1.165, 1.54) is 24.2 Å². The van der Waals surface area contributed by atoms with Crippen molar-refractivity contribution in [3.63, 3.8) is 0 Å². The third kappa shape index (κ3) is 5.54. The number of carbonyl (C=O) groups is 2. The van der Waals surface area contributed by atoms with Crippen molar-refractivity contribution < 1.29 is 19.4 Å². The van der Waals surface area contributed by atoms with Gasteiger partial charge >= 0.3 is 5.97 Å². The lowest BCUT2D eigenvalue weighted by Gasteiger charge is -2.22. The molecule has 23 heavy (non-hydrogen) atoms. The Morgan fingerprint density at radius 3 is 2.78 bits per heavy atom. The lowest BCUT2D eigenvalue weighted by atomic mass is 9.98. The third-order valence-corrected chi connectivity index (χ3v) is 4.05. The van der Waals surface area contributed by atoms with Crippen molar-refractivity contribution in [3.05, 3.63) is 23.9 Å². The highest BCUT2D eigenvalue weighted by atomic mass is 16.5. The minimum Gasteiger partial charge on any atom is -0.481 e. The maximum absolute atomic E-state index is 12.4. The molecule has 6 nitrogen and oxygen atoms in total. The predicted molar refractivity (Wildman–Crippen MR) is 85.6 cm³/mol. The Balaban J connectivity index is 1.92. The molecule has 1 heterocycles. The smallest absolute Gasteiger partial charge is 0.303 e. The molecule has 0 spiro atoms. The monoisotopic (exact) mass is 320 g/mol. The number of nitrogens with zero attached hydrogens (tertiary/aromatic N) is 2. The second-order valence-corrected chi connectivity index (χ2v) is 5.98. The number of aromatic nitrogens is 1. The second-order valence-electron chi connectivity index (χ2n) is 5.98. The summed E-state index contributed by atoms with van der Waals surface area (Å²) in [6, 6.07) is 3.33. The molecule has 0 atom stereocenters. The molecule has 1 aliphatic carbocycles. The summed E-state index contributed by atoms with van der Waals surface area (Å²) in [5.74, 6) is -0.508. The van der Waals surface area contributed by atoms with Crippen molar-refractivity contribution in [2.45, 2.75) is 51.0 Å². The van der Waals surface area contributed by atoms with Crippen molar-refractivity contribution in [3.8, 4) is 5.88 Å². The van der Waals surface area contributed by atoms with Crippen LogP contribution >= 0.6 is 0 Å². The van der Waals surface area contributed by atoms with Gasteiger partial charge in [0.15, 0.2) is 0 Å². The molecule has 1 fully saturated rings. The summed E-state index contributed by atoms with van der Waals surface area (Å²) in [5.41, 5.74) is 0.517. The van der Waals surface area contributed by atoms with Gasteiger partial charge in [-0.15, -0.1) is 0 Å². The van der Waals surface area contributed by atoms with Crippen LogP contribution in [0.4, 0.5) is 0 Å². The Bertz CT molecular complexity index is 541. The maximum Gasteiger partial charge on any atom is 0.303 e. The van der Waals surface area contributed by atoms with Crippen LogP contribution in [0.5, 0.6) is 5.88 Å². The summed E-state index contributed by atoms with van der Waals surface area (Å²) in [6.45, 7) is 0.409. The molecule has 0 saturated heterocycles. The van der Waals surface area contributed by atoms with Crippen LogP contribution in [0.15, 0.2) is 18.3 Å². The first-order chi connectivity index (χ1) is 11.1. The van der Waals surface area contributed by atoms with Crippen LogP contribution in [-0.4, -0.2) is 46.6 Å². The summed E-state index contributed by atoms with van der Waals surface area (Å²) in [6.07, 6.45) is 7.95. The summed E-state index contributed by atoms with van der Waals surface area (Å²) in [5, 5.41) is 8.65. The fraction of sp³-hybridized carbons (Fsp3) is 0.588. The fourth-order valence-corrected chi connectivity index (χ4v) is 2.75. The standard InChI is InChI=1S/C17H24N2O4/c1-19(11-5-8-16(20)21)17(22)13-9-10-18-15(12-13)23-14-6-3-2-4-7-14/h9-10,12,14H,2-8,11H2,1H3,(H,20,21). The zero-order valence-electron chi connectivity index (χ0n) is 13.5. The van der Waals surface area contributed by atoms with Crippen LogP contribution in [0, 0.1) is 0 Å². The first kappa shape index (κ1) is 17.2. The van der Waals surface area contributed by atoms with Crippen LogP contribution < -0.4 is 4.74 Å². The van der Waals surface area contributed by atoms with Crippen LogP contribution in [0.1, 0.15) is 55.3 Å². The summed E-state index contributed by atoms with van der Waals surface area (Å²) in [7, 11) is 1.67. The van der Waals surface area contributed by atoms with Crippen LogP contribution in [0.25, 0.3) is 0 Å². The average molecular weight is 320 g/mol. The topological polar surface area (TPSA) is 79.7 Å². The van der Waals surface area contributed by atoms with Gasteiger partial charge < -0.3 is 14.7 Å². The number of carbonyl (C=O) groups excluding carboxylic acids is 1. The highest BCUT2D eigenvalue weighted by molar-refractivity contribution is 5.94. The molecule has 1 amide bonds. The van der Waals surface area contributed by atoms with Crippen LogP contribution in [-0.2, 0) is 4.79 Å². The Labute approximate surface area is 136 Å². The van der Waals surface area contributed by atoms with E-state index >= 15 is 0 Å². The van der Waals surface area contributed by atoms with Crippen molar-refractivity contribution >= 4 is 11.9 Å². The molecule has 0 radical (unpaired) electrons. The third-order valence-electron chi connectivity index (χ3n) is 4.05. The maximum atomic E-state index is 12.4. The highest BCUT2D eigenvalue weighted by Gasteiger charge is 2.17. The quantitative estimate of drug-likeness (QED) is 0.835. The lowest BCUT2D eigenvalue weighted by molar-refractivity contribution is -0.137. The molecule has 0 bridgehead atoms. The molecule has 0 unspecified atom stereocenters. The number of carboxylic acids is 1. The molecule has 1 N–H and O–H groups in total. The summed E-state index contributed by atoms with van der Waals surface area (Å²) in [4.78, 5) is 28.6. The van der Waals surface area contributed by atoms with Gasteiger partial charge in [-0.05, 0) is 38.2 Å². The molecule has 6 heteroatoms. The Morgan fingerprint density at radius 1 is 1.35 bits per heavy atom. The summed E-state index contributed by atoms with van der Waals surface area (Å²) < 4.78 is 5.88. The molecule has 0 aromatic carbocycles. The van der Waals surface area contributed by atoms with Crippen LogP contribution in [0.2, 0.25) is 0 Å². The fourth-order valence-electron chi connectivity index (χ4n) is 2.75. The van der Waals surface area contributed by atoms with Gasteiger partial charge in [0.1, 0.15) is 6.10 Å². The van der Waals surface area contributed by atoms with Crippen molar-refractivity contribution in [1.29, 1.82) is 0 Å². The number of rotatable bonds is 7. The number of carboxylic acid groups (broad SMARTS) is 1. The first-order valence-corrected chi connectivity index (χ1v) is 8.16. The van der Waals surface area contributed by atoms with E-state index in [9.17, 15) is 9.59 Å². The van der Waals surface area contributed by atoms with Gasteiger partial charge in [-0.25, -0.2) is 4.98 Å². The number of amides is 1. The Hall–Kier alpha value is -2.11.